The summed E-state index contributed by atoms with van der Waals surface area (Å²) >= 11 is 4.77. The quantitative estimate of drug-likeness (QED) is 0.357. The summed E-state index contributed by atoms with van der Waals surface area (Å²) in [6.07, 6.45) is 1.43. The van der Waals surface area contributed by atoms with Gasteiger partial charge in [0.25, 0.3) is 0 Å². The Hall–Kier alpha value is -2.54. The maximum atomic E-state index is 15.2. The summed E-state index contributed by atoms with van der Waals surface area (Å²) in [5, 5.41) is 5.62. The van der Waals surface area contributed by atoms with Crippen molar-refractivity contribution >= 4 is 45.4 Å². The number of thiazole rings is 1. The normalized spacial score (nSPS) is 24.4. The van der Waals surface area contributed by atoms with E-state index in [9.17, 15) is 14.0 Å². The topological polar surface area (TPSA) is 93.1 Å². The zero-order valence-electron chi connectivity index (χ0n) is 19.7. The van der Waals surface area contributed by atoms with Crippen LogP contribution in [0.3, 0.4) is 0 Å². The molecule has 2 aliphatic heterocycles. The molecule has 0 spiro atoms. The van der Waals surface area contributed by atoms with Gasteiger partial charge in [-0.25, -0.2) is 18.6 Å². The highest BCUT2D eigenvalue weighted by Gasteiger charge is 2.45. The van der Waals surface area contributed by atoms with E-state index < -0.39 is 29.6 Å². The molecule has 2 aromatic rings. The molecule has 1 N–H and O–H groups in total. The van der Waals surface area contributed by atoms with E-state index in [-0.39, 0.29) is 38.4 Å². The first-order valence-electron chi connectivity index (χ1n) is 11.3. The highest BCUT2D eigenvalue weighted by Crippen LogP contribution is 2.38. The summed E-state index contributed by atoms with van der Waals surface area (Å²) in [6, 6.07) is 3.35. The molecule has 2 unspecified atom stereocenters. The molecule has 12 heteroatoms. The number of hydrogen-bond donors (Lipinski definition) is 1. The van der Waals surface area contributed by atoms with E-state index in [0.717, 1.165) is 0 Å². The summed E-state index contributed by atoms with van der Waals surface area (Å²) in [7, 11) is 0. The molecule has 8 nitrogen and oxygen atoms in total. The fraction of sp³-hybridized carbons (Fsp3) is 0.417. The van der Waals surface area contributed by atoms with Gasteiger partial charge in [0.15, 0.2) is 10.8 Å². The lowest BCUT2D eigenvalue weighted by Crippen LogP contribution is -2.39. The number of carbonyl (C=O) groups excluding carboxylic acids is 2. The van der Waals surface area contributed by atoms with Crippen LogP contribution in [0.1, 0.15) is 30.5 Å². The standard InChI is InChI=1S/C24H25BrF2N4O4S/c1-3-34-23(33)19-17(11-31-12-18(35-8-7-32)24(2,27)13-31)29-21(22-28-6-9-36-22)30-20(19)15-5-4-14(26)10-16(15)25/h4-7,9-10,18,20H,3,8,11-13H2,1-2H3,(H,29,30)/t18?,20-,24?/m0/s1. The van der Waals surface area contributed by atoms with Crippen LogP contribution >= 0.6 is 27.3 Å². The molecule has 192 valence electrons. The number of amidine groups is 1. The lowest BCUT2D eigenvalue weighted by molar-refractivity contribution is -0.139. The second-order valence-corrected chi connectivity index (χ2v) is 10.3. The summed E-state index contributed by atoms with van der Waals surface area (Å²) in [5.74, 6) is -0.587. The van der Waals surface area contributed by atoms with E-state index in [4.69, 9.17) is 14.5 Å². The van der Waals surface area contributed by atoms with Gasteiger partial charge in [-0.15, -0.1) is 11.3 Å². The summed E-state index contributed by atoms with van der Waals surface area (Å²) in [6.45, 7) is 3.49. The number of aldehydes is 1. The van der Waals surface area contributed by atoms with Gasteiger partial charge in [-0.3, -0.25) is 9.89 Å². The van der Waals surface area contributed by atoms with Gasteiger partial charge in [0.1, 0.15) is 36.5 Å². The van der Waals surface area contributed by atoms with E-state index in [1.807, 2.05) is 0 Å². The van der Waals surface area contributed by atoms with Crippen LogP contribution in [0.5, 0.6) is 0 Å². The van der Waals surface area contributed by atoms with E-state index >= 15 is 4.39 Å². The molecule has 3 heterocycles. The van der Waals surface area contributed by atoms with E-state index in [0.29, 0.717) is 32.9 Å². The Balaban J connectivity index is 1.76. The van der Waals surface area contributed by atoms with Crippen molar-refractivity contribution in [2.45, 2.75) is 31.7 Å². The van der Waals surface area contributed by atoms with Crippen LogP contribution in [0, 0.1) is 5.82 Å². The predicted octanol–water partition coefficient (Wildman–Crippen LogP) is 3.58. The van der Waals surface area contributed by atoms with E-state index in [1.54, 1.807) is 29.5 Å². The van der Waals surface area contributed by atoms with Crippen LogP contribution in [-0.4, -0.2) is 72.6 Å². The number of aliphatic imine (C=N–C) groups is 1. The number of likely N-dealkylation sites (tertiary alicyclic amines) is 1. The maximum absolute atomic E-state index is 15.2. The van der Waals surface area contributed by atoms with Crippen molar-refractivity contribution < 1.29 is 27.8 Å². The van der Waals surface area contributed by atoms with Gasteiger partial charge in [0.2, 0.25) is 0 Å². The van der Waals surface area contributed by atoms with Crippen molar-refractivity contribution in [3.8, 4) is 0 Å². The van der Waals surface area contributed by atoms with Gasteiger partial charge in [-0.05, 0) is 31.5 Å². The van der Waals surface area contributed by atoms with Crippen LogP contribution in [-0.2, 0) is 19.1 Å². The van der Waals surface area contributed by atoms with Crippen molar-refractivity contribution in [2.75, 3.05) is 32.8 Å². The number of nitrogens with one attached hydrogen (secondary N) is 1. The molecule has 1 fully saturated rings. The van der Waals surface area contributed by atoms with Gasteiger partial charge in [-0.2, -0.15) is 0 Å². The molecule has 0 saturated carbocycles. The number of alkyl halides is 1. The molecule has 1 saturated heterocycles. The smallest absolute Gasteiger partial charge is 0.338 e. The van der Waals surface area contributed by atoms with E-state index in [1.165, 1.54) is 30.4 Å². The predicted molar refractivity (Wildman–Crippen MR) is 134 cm³/mol. The molecule has 3 atom stereocenters. The first-order chi connectivity index (χ1) is 17.2. The molecule has 36 heavy (non-hydrogen) atoms. The Morgan fingerprint density at radius 3 is 2.92 bits per heavy atom. The Morgan fingerprint density at radius 2 is 2.25 bits per heavy atom. The van der Waals surface area contributed by atoms with Crippen molar-refractivity contribution in [1.29, 1.82) is 0 Å². The Morgan fingerprint density at radius 1 is 1.44 bits per heavy atom. The Bertz CT molecular complexity index is 1190. The number of benzene rings is 1. The number of carbonyl (C=O) groups is 2. The molecule has 0 aliphatic carbocycles. The minimum absolute atomic E-state index is 0.0342. The lowest BCUT2D eigenvalue weighted by atomic mass is 9.95. The van der Waals surface area contributed by atoms with Crippen LogP contribution in [0.2, 0.25) is 0 Å². The highest BCUT2D eigenvalue weighted by atomic mass is 79.9. The number of aromatic nitrogens is 1. The summed E-state index contributed by atoms with van der Waals surface area (Å²) in [5.41, 5.74) is -0.408. The SMILES string of the molecule is CCOC(=O)C1=C(CN2CC(OCC=O)C(C)(F)C2)NC(c2nccs2)=N[C@H]1c1ccc(F)cc1Br. The number of halogens is 3. The average Bonchev–Trinajstić information content (AvgIpc) is 3.45. The lowest BCUT2D eigenvalue weighted by Gasteiger charge is -2.29. The summed E-state index contributed by atoms with van der Waals surface area (Å²) < 4.78 is 40.3. The number of hydrogen-bond acceptors (Lipinski definition) is 9. The minimum Gasteiger partial charge on any atom is -0.463 e. The van der Waals surface area contributed by atoms with Crippen molar-refractivity contribution in [3.05, 3.63) is 61.9 Å². The third kappa shape index (κ3) is 5.72. The van der Waals surface area contributed by atoms with Crippen LogP contribution in [0.25, 0.3) is 0 Å². The molecule has 2 aliphatic rings. The number of nitrogens with zero attached hydrogens (tertiary/aromatic N) is 3. The zero-order valence-corrected chi connectivity index (χ0v) is 22.1. The maximum Gasteiger partial charge on any atom is 0.338 e. The largest absolute Gasteiger partial charge is 0.463 e. The first-order valence-corrected chi connectivity index (χ1v) is 13.0. The Labute approximate surface area is 219 Å². The number of ether oxygens (including phenoxy) is 2. The van der Waals surface area contributed by atoms with Crippen LogP contribution in [0.4, 0.5) is 8.78 Å². The highest BCUT2D eigenvalue weighted by molar-refractivity contribution is 9.10. The number of esters is 1. The average molecular weight is 583 g/mol. The van der Waals surface area contributed by atoms with Gasteiger partial charge in [-0.1, -0.05) is 22.0 Å². The van der Waals surface area contributed by atoms with Crippen LogP contribution in [0.15, 0.2) is 50.5 Å². The second kappa shape index (κ2) is 11.2. The molecule has 1 aromatic carbocycles. The molecular formula is C24H25BrF2N4O4S. The fourth-order valence-electron chi connectivity index (χ4n) is 4.32. The second-order valence-electron chi connectivity index (χ2n) is 8.56. The fourth-order valence-corrected chi connectivity index (χ4v) is 5.48. The Kier molecular flexibility index (Phi) is 8.28. The molecular weight excluding hydrogens is 558 g/mol. The van der Waals surface area contributed by atoms with Gasteiger partial charge in [0.05, 0.1) is 12.2 Å². The molecule has 0 bridgehead atoms. The van der Waals surface area contributed by atoms with Crippen molar-refractivity contribution in [3.63, 3.8) is 0 Å². The third-order valence-corrected chi connectivity index (χ3v) is 7.36. The monoisotopic (exact) mass is 582 g/mol. The van der Waals surface area contributed by atoms with Crippen molar-refractivity contribution in [1.82, 2.24) is 15.2 Å². The summed E-state index contributed by atoms with van der Waals surface area (Å²) in [4.78, 5) is 34.9. The van der Waals surface area contributed by atoms with Gasteiger partial charge in [0, 0.05) is 41.4 Å². The molecule has 4 rings (SSSR count). The first kappa shape index (κ1) is 26.5. The third-order valence-electron chi connectivity index (χ3n) is 5.89. The molecule has 0 amide bonds. The van der Waals surface area contributed by atoms with Gasteiger partial charge >= 0.3 is 5.97 Å². The zero-order chi connectivity index (χ0) is 25.9. The molecule has 1 aromatic heterocycles. The van der Waals surface area contributed by atoms with Crippen molar-refractivity contribution in [2.24, 2.45) is 4.99 Å². The van der Waals surface area contributed by atoms with Gasteiger partial charge < -0.3 is 19.6 Å². The van der Waals surface area contributed by atoms with Crippen LogP contribution < -0.4 is 5.32 Å². The molecule has 0 radical (unpaired) electrons. The number of rotatable bonds is 9. The van der Waals surface area contributed by atoms with E-state index in [2.05, 4.69) is 26.2 Å². The minimum atomic E-state index is -1.69.